The zero-order chi connectivity index (χ0) is 9.80. The van der Waals surface area contributed by atoms with E-state index in [0.29, 0.717) is 0 Å². The minimum atomic E-state index is 0.775. The van der Waals surface area contributed by atoms with Crippen molar-refractivity contribution in [3.8, 4) is 0 Å². The lowest BCUT2D eigenvalue weighted by atomic mass is 10.0. The molecule has 1 radical (unpaired) electrons. The van der Waals surface area contributed by atoms with E-state index in [1.54, 1.807) is 0 Å². The van der Waals surface area contributed by atoms with Gasteiger partial charge >= 0.3 is 0 Å². The molecular weight excluding hydrogens is 172 g/mol. The van der Waals surface area contributed by atoms with Crippen molar-refractivity contribution in [2.45, 2.75) is 39.2 Å². The van der Waals surface area contributed by atoms with Crippen LogP contribution < -0.4 is 0 Å². The minimum absolute atomic E-state index is 0.775. The zero-order valence-corrected chi connectivity index (χ0v) is 8.75. The number of unbranched alkanes of at least 4 members (excludes halogenated alkanes) is 2. The van der Waals surface area contributed by atoms with Crippen molar-refractivity contribution < 1.29 is 4.74 Å². The first-order valence-electron chi connectivity index (χ1n) is 5.48. The van der Waals surface area contributed by atoms with Crippen LogP contribution in [0.25, 0.3) is 0 Å². The van der Waals surface area contributed by atoms with E-state index < -0.39 is 0 Å². The maximum atomic E-state index is 5.69. The highest BCUT2D eigenvalue weighted by Crippen LogP contribution is 2.32. The maximum Gasteiger partial charge on any atom is 0.127 e. The summed E-state index contributed by atoms with van der Waals surface area (Å²) in [6.07, 6.45) is 6.13. The van der Waals surface area contributed by atoms with Crippen LogP contribution in [0.2, 0.25) is 0 Å². The fourth-order valence-electron chi connectivity index (χ4n) is 1.90. The Hall–Kier alpha value is -0.820. The molecule has 0 saturated heterocycles. The van der Waals surface area contributed by atoms with Gasteiger partial charge in [0.1, 0.15) is 6.10 Å². The van der Waals surface area contributed by atoms with Crippen LogP contribution in [0.3, 0.4) is 0 Å². The highest BCUT2D eigenvalue weighted by molar-refractivity contribution is 5.38. The average molecular weight is 189 g/mol. The van der Waals surface area contributed by atoms with Crippen LogP contribution >= 0.6 is 0 Å². The number of fused-ring (bicyclic) bond motifs is 1. The third-order valence-corrected chi connectivity index (χ3v) is 2.73. The summed E-state index contributed by atoms with van der Waals surface area (Å²) in [5.41, 5.74) is 2.68. The number of benzene rings is 1. The van der Waals surface area contributed by atoms with Gasteiger partial charge in [-0.05, 0) is 17.5 Å². The van der Waals surface area contributed by atoms with E-state index in [0.717, 1.165) is 13.0 Å². The van der Waals surface area contributed by atoms with Gasteiger partial charge < -0.3 is 4.74 Å². The van der Waals surface area contributed by atoms with Gasteiger partial charge in [-0.2, -0.15) is 0 Å². The molecule has 0 fully saturated rings. The standard InChI is InChI=1S/C13H17O/c1-2-3-4-9-13-12-8-6-5-7-11(12)10-14-13/h5-8H,2-4,9-10H2,1H3. The third-order valence-electron chi connectivity index (χ3n) is 2.73. The van der Waals surface area contributed by atoms with E-state index in [-0.39, 0.29) is 0 Å². The molecule has 1 heterocycles. The van der Waals surface area contributed by atoms with Crippen LogP contribution in [0.4, 0.5) is 0 Å². The van der Waals surface area contributed by atoms with Gasteiger partial charge in [-0.25, -0.2) is 0 Å². The van der Waals surface area contributed by atoms with E-state index in [4.69, 9.17) is 4.74 Å². The first-order chi connectivity index (χ1) is 6.92. The normalized spacial score (nSPS) is 15.8. The summed E-state index contributed by atoms with van der Waals surface area (Å²) in [5, 5.41) is 0. The molecule has 1 aromatic rings. The summed E-state index contributed by atoms with van der Waals surface area (Å²) >= 11 is 0. The van der Waals surface area contributed by atoms with E-state index in [1.807, 2.05) is 0 Å². The molecule has 1 nitrogen and oxygen atoms in total. The second-order valence-electron chi connectivity index (χ2n) is 3.83. The molecule has 0 aliphatic carbocycles. The maximum absolute atomic E-state index is 5.69. The van der Waals surface area contributed by atoms with Gasteiger partial charge in [0, 0.05) is 0 Å². The summed E-state index contributed by atoms with van der Waals surface area (Å²) in [5.74, 6) is 0. The van der Waals surface area contributed by atoms with E-state index >= 15 is 0 Å². The summed E-state index contributed by atoms with van der Waals surface area (Å²) in [6, 6.07) is 8.50. The lowest BCUT2D eigenvalue weighted by Crippen LogP contribution is -1.96. The first kappa shape index (κ1) is 9.72. The van der Waals surface area contributed by atoms with E-state index in [2.05, 4.69) is 31.2 Å². The molecule has 0 amide bonds. The summed E-state index contributed by atoms with van der Waals surface area (Å²) in [7, 11) is 0. The van der Waals surface area contributed by atoms with Crippen molar-refractivity contribution >= 4 is 0 Å². The second kappa shape index (κ2) is 4.61. The van der Waals surface area contributed by atoms with Gasteiger partial charge in [-0.1, -0.05) is 50.5 Å². The number of hydrogen-bond donors (Lipinski definition) is 0. The summed E-state index contributed by atoms with van der Waals surface area (Å²) in [4.78, 5) is 0. The SMILES string of the molecule is CCCCC[C]1OCc2ccccc21. The fraction of sp³-hybridized carbons (Fsp3) is 0.462. The highest BCUT2D eigenvalue weighted by atomic mass is 16.5. The Labute approximate surface area is 86.1 Å². The van der Waals surface area contributed by atoms with Crippen LogP contribution in [0.1, 0.15) is 43.7 Å². The summed E-state index contributed by atoms with van der Waals surface area (Å²) < 4.78 is 5.69. The average Bonchev–Trinajstić information content (AvgIpc) is 2.63. The largest absolute Gasteiger partial charge is 0.362 e. The molecular formula is C13H17O. The molecule has 0 bridgehead atoms. The molecule has 14 heavy (non-hydrogen) atoms. The van der Waals surface area contributed by atoms with Gasteiger partial charge in [-0.3, -0.25) is 0 Å². The molecule has 1 aromatic carbocycles. The molecule has 0 saturated carbocycles. The smallest absolute Gasteiger partial charge is 0.127 e. The van der Waals surface area contributed by atoms with Crippen LogP contribution in [-0.2, 0) is 11.3 Å². The highest BCUT2D eigenvalue weighted by Gasteiger charge is 2.22. The van der Waals surface area contributed by atoms with Crippen molar-refractivity contribution in [1.82, 2.24) is 0 Å². The van der Waals surface area contributed by atoms with Crippen molar-refractivity contribution in [2.75, 3.05) is 0 Å². The predicted molar refractivity (Wildman–Crippen MR) is 57.7 cm³/mol. The lowest BCUT2D eigenvalue weighted by Gasteiger charge is -2.08. The van der Waals surface area contributed by atoms with Crippen molar-refractivity contribution in [3.63, 3.8) is 0 Å². The Balaban J connectivity index is 1.96. The lowest BCUT2D eigenvalue weighted by molar-refractivity contribution is 0.162. The number of hydrogen-bond acceptors (Lipinski definition) is 1. The van der Waals surface area contributed by atoms with Gasteiger partial charge in [-0.15, -0.1) is 0 Å². The van der Waals surface area contributed by atoms with Crippen molar-refractivity contribution in [3.05, 3.63) is 41.5 Å². The Morgan fingerprint density at radius 1 is 1.21 bits per heavy atom. The minimum Gasteiger partial charge on any atom is -0.362 e. The molecule has 75 valence electrons. The van der Waals surface area contributed by atoms with Gasteiger partial charge in [0.15, 0.2) is 0 Å². The Morgan fingerprint density at radius 3 is 2.93 bits per heavy atom. The van der Waals surface area contributed by atoms with Crippen molar-refractivity contribution in [1.29, 1.82) is 0 Å². The van der Waals surface area contributed by atoms with Gasteiger partial charge in [0.2, 0.25) is 0 Å². The third kappa shape index (κ3) is 1.98. The fourth-order valence-corrected chi connectivity index (χ4v) is 1.90. The molecule has 0 atom stereocenters. The predicted octanol–water partition coefficient (Wildman–Crippen LogP) is 3.68. The molecule has 1 heteroatoms. The first-order valence-corrected chi connectivity index (χ1v) is 5.48. The topological polar surface area (TPSA) is 9.23 Å². The monoisotopic (exact) mass is 189 g/mol. The van der Waals surface area contributed by atoms with Crippen LogP contribution in [0.15, 0.2) is 24.3 Å². The van der Waals surface area contributed by atoms with Gasteiger partial charge in [0.05, 0.1) is 6.61 Å². The van der Waals surface area contributed by atoms with Crippen molar-refractivity contribution in [2.24, 2.45) is 0 Å². The van der Waals surface area contributed by atoms with Crippen LogP contribution in [0, 0.1) is 6.10 Å². The molecule has 1 aliphatic heterocycles. The van der Waals surface area contributed by atoms with E-state index in [1.165, 1.54) is 36.5 Å². The molecule has 0 N–H and O–H groups in total. The number of rotatable bonds is 4. The quantitative estimate of drug-likeness (QED) is 0.656. The number of ether oxygens (including phenoxy) is 1. The molecule has 0 unspecified atom stereocenters. The Kier molecular flexibility index (Phi) is 3.20. The second-order valence-corrected chi connectivity index (χ2v) is 3.83. The van der Waals surface area contributed by atoms with Crippen LogP contribution in [-0.4, -0.2) is 0 Å². The zero-order valence-electron chi connectivity index (χ0n) is 8.75. The Morgan fingerprint density at radius 2 is 2.07 bits per heavy atom. The van der Waals surface area contributed by atoms with E-state index in [9.17, 15) is 0 Å². The molecule has 1 aliphatic rings. The van der Waals surface area contributed by atoms with Crippen LogP contribution in [0.5, 0.6) is 0 Å². The Bertz CT molecular complexity index is 293. The molecule has 0 aromatic heterocycles. The van der Waals surface area contributed by atoms with Gasteiger partial charge in [0.25, 0.3) is 0 Å². The molecule has 2 rings (SSSR count). The molecule has 0 spiro atoms. The summed E-state index contributed by atoms with van der Waals surface area (Å²) in [6.45, 7) is 3.01.